The normalized spacial score (nSPS) is 16.6. The summed E-state index contributed by atoms with van der Waals surface area (Å²) in [5, 5.41) is 3.62. The van der Waals surface area contributed by atoms with Crippen molar-refractivity contribution in [3.8, 4) is 11.6 Å². The van der Waals surface area contributed by atoms with Crippen LogP contribution < -0.4 is 20.5 Å². The van der Waals surface area contributed by atoms with Crippen LogP contribution in [0.4, 0.5) is 22.2 Å². The third kappa shape index (κ3) is 4.88. The Morgan fingerprint density at radius 2 is 2.02 bits per heavy atom. The largest absolute Gasteiger partial charge is 0.480 e. The minimum Gasteiger partial charge on any atom is -0.480 e. The van der Waals surface area contributed by atoms with Crippen LogP contribution in [0.5, 0.6) is 5.75 Å². The Kier molecular flexibility index (Phi) is 7.02. The van der Waals surface area contributed by atoms with Crippen molar-refractivity contribution in [1.29, 1.82) is 0 Å². The van der Waals surface area contributed by atoms with Crippen LogP contribution in [0.15, 0.2) is 53.5 Å². The molecule has 45 heavy (non-hydrogen) atoms. The van der Waals surface area contributed by atoms with Gasteiger partial charge in [0.25, 0.3) is 11.5 Å². The number of carbonyl (C=O) groups is 2. The van der Waals surface area contributed by atoms with Gasteiger partial charge in [-0.05, 0) is 61.6 Å². The van der Waals surface area contributed by atoms with E-state index in [1.54, 1.807) is 31.3 Å². The van der Waals surface area contributed by atoms with Gasteiger partial charge in [0.1, 0.15) is 5.39 Å². The second-order valence-electron chi connectivity index (χ2n) is 11.6. The molecule has 1 N–H and O–H groups in total. The van der Waals surface area contributed by atoms with Crippen molar-refractivity contribution in [2.24, 2.45) is 0 Å². The van der Waals surface area contributed by atoms with E-state index in [-0.39, 0.29) is 36.1 Å². The highest BCUT2D eigenvalue weighted by molar-refractivity contribution is 5.96. The molecule has 2 aliphatic heterocycles. The van der Waals surface area contributed by atoms with Gasteiger partial charge < -0.3 is 19.7 Å². The maximum Gasteiger partial charge on any atom is 0.409 e. The number of pyridine rings is 1. The summed E-state index contributed by atoms with van der Waals surface area (Å²) in [6.45, 7) is 5.73. The fraction of sp³-hybridized carbons (Fsp3) is 0.375. The van der Waals surface area contributed by atoms with Crippen molar-refractivity contribution in [3.63, 3.8) is 0 Å². The molecule has 13 heteroatoms. The number of rotatable bonds is 7. The highest BCUT2D eigenvalue weighted by Crippen LogP contribution is 2.52. The Labute approximate surface area is 259 Å². The van der Waals surface area contributed by atoms with Gasteiger partial charge in [-0.25, -0.2) is 24.1 Å². The first-order valence-corrected chi connectivity index (χ1v) is 15.1. The minimum absolute atomic E-state index is 0.00807. The molecule has 0 atom stereocenters. The molecule has 1 saturated carbocycles. The van der Waals surface area contributed by atoms with E-state index in [1.165, 1.54) is 18.9 Å². The summed E-state index contributed by atoms with van der Waals surface area (Å²) in [4.78, 5) is 56.1. The summed E-state index contributed by atoms with van der Waals surface area (Å²) < 4.78 is 13.9. The molecule has 4 aromatic rings. The molecule has 3 aliphatic rings. The Hall–Kier alpha value is -5.20. The zero-order valence-electron chi connectivity index (χ0n) is 25.4. The van der Waals surface area contributed by atoms with Gasteiger partial charge in [0.15, 0.2) is 29.6 Å². The number of nitrogens with zero attached hydrogens (tertiary/aromatic N) is 7. The summed E-state index contributed by atoms with van der Waals surface area (Å²) in [6, 6.07) is 9.65. The first-order chi connectivity index (χ1) is 21.9. The van der Waals surface area contributed by atoms with Crippen LogP contribution in [0.3, 0.4) is 0 Å². The van der Waals surface area contributed by atoms with Crippen molar-refractivity contribution in [3.05, 3.63) is 70.2 Å². The van der Waals surface area contributed by atoms with Crippen molar-refractivity contribution in [2.45, 2.75) is 51.6 Å². The quantitative estimate of drug-likeness (QED) is 0.307. The van der Waals surface area contributed by atoms with Gasteiger partial charge in [0, 0.05) is 36.9 Å². The van der Waals surface area contributed by atoms with Crippen molar-refractivity contribution >= 4 is 40.5 Å². The number of benzene rings is 1. The molecule has 5 heterocycles. The van der Waals surface area contributed by atoms with E-state index in [2.05, 4.69) is 16.4 Å². The molecule has 3 aromatic heterocycles. The number of fused-ring (bicyclic) bond motifs is 4. The molecule has 2 amide bonds. The van der Waals surface area contributed by atoms with Gasteiger partial charge in [-0.2, -0.15) is 4.98 Å². The zero-order valence-corrected chi connectivity index (χ0v) is 25.4. The number of amides is 2. The summed E-state index contributed by atoms with van der Waals surface area (Å²) in [5.74, 6) is 1.46. The van der Waals surface area contributed by atoms with Crippen LogP contribution in [0, 0.1) is 0 Å². The number of allylic oxidation sites excluding steroid dienone is 2. The van der Waals surface area contributed by atoms with Crippen LogP contribution in [-0.2, 0) is 28.0 Å². The topological polar surface area (TPSA) is 137 Å². The molecule has 0 radical (unpaired) electrons. The maximum absolute atomic E-state index is 13.6. The second-order valence-corrected chi connectivity index (χ2v) is 11.6. The standard InChI is InChI=1S/C32H34N8O5/c1-4-6-14-39-29(42)22-16-33-30(34-21-7-8-23-20(15-21)17-37(31(43)44-3)19-32(23)11-12-32)36-27(22)40(39)25-10-9-24-28(35-25)38(13-5-2)26(41)18-45-24/h4,6-10,15-16H,5,11-14,17-19H2,1-3H3,(H,33,34,36)/b6-4-. The molecule has 1 spiro atoms. The van der Waals surface area contributed by atoms with E-state index >= 15 is 0 Å². The number of anilines is 3. The molecule has 1 fully saturated rings. The first-order valence-electron chi connectivity index (χ1n) is 15.1. The number of aromatic nitrogens is 5. The Morgan fingerprint density at radius 1 is 1.18 bits per heavy atom. The molecule has 0 bridgehead atoms. The van der Waals surface area contributed by atoms with E-state index < -0.39 is 0 Å². The molecule has 1 aromatic carbocycles. The van der Waals surface area contributed by atoms with Gasteiger partial charge in [0.2, 0.25) is 5.95 Å². The summed E-state index contributed by atoms with van der Waals surface area (Å²) in [5.41, 5.74) is 3.17. The Balaban J connectivity index is 1.29. The lowest BCUT2D eigenvalue weighted by Gasteiger charge is -2.34. The summed E-state index contributed by atoms with van der Waals surface area (Å²) in [7, 11) is 1.41. The van der Waals surface area contributed by atoms with Crippen LogP contribution >= 0.6 is 0 Å². The predicted octanol–water partition coefficient (Wildman–Crippen LogP) is 4.05. The highest BCUT2D eigenvalue weighted by atomic mass is 16.5. The number of nitrogens with one attached hydrogen (secondary N) is 1. The van der Waals surface area contributed by atoms with Crippen molar-refractivity contribution in [2.75, 3.05) is 37.0 Å². The molecule has 13 nitrogen and oxygen atoms in total. The second kappa shape index (κ2) is 11.1. The average molecular weight is 611 g/mol. The van der Waals surface area contributed by atoms with E-state index in [0.29, 0.717) is 54.0 Å². The number of methoxy groups -OCH3 is 1. The fourth-order valence-corrected chi connectivity index (χ4v) is 6.33. The number of hydrogen-bond acceptors (Lipinski definition) is 9. The Morgan fingerprint density at radius 3 is 2.78 bits per heavy atom. The van der Waals surface area contributed by atoms with Gasteiger partial charge in [-0.1, -0.05) is 25.1 Å². The van der Waals surface area contributed by atoms with E-state index in [4.69, 9.17) is 19.4 Å². The SMILES string of the molecule is C/C=C\Cn1c(=O)c2cnc(Nc3ccc4c(c3)CN(C(=O)OC)CC43CC3)nc2n1-c1ccc2c(n1)N(CCC)C(=O)CO2. The third-order valence-corrected chi connectivity index (χ3v) is 8.66. The molecule has 7 rings (SSSR count). The summed E-state index contributed by atoms with van der Waals surface area (Å²) >= 11 is 0. The van der Waals surface area contributed by atoms with E-state index in [9.17, 15) is 14.4 Å². The lowest BCUT2D eigenvalue weighted by molar-refractivity contribution is -0.121. The van der Waals surface area contributed by atoms with Gasteiger partial charge in [-0.15, -0.1) is 0 Å². The zero-order chi connectivity index (χ0) is 31.3. The van der Waals surface area contributed by atoms with Gasteiger partial charge in [0.05, 0.1) is 13.7 Å². The molecule has 232 valence electrons. The molecule has 0 saturated heterocycles. The first kappa shape index (κ1) is 28.6. The Bertz CT molecular complexity index is 1920. The van der Waals surface area contributed by atoms with E-state index in [1.807, 2.05) is 38.1 Å². The molecular weight excluding hydrogens is 576 g/mol. The van der Waals surface area contributed by atoms with E-state index in [0.717, 1.165) is 30.5 Å². The number of carbonyl (C=O) groups excluding carboxylic acids is 2. The van der Waals surface area contributed by atoms with Crippen molar-refractivity contribution < 1.29 is 19.1 Å². The molecular formula is C32H34N8O5. The average Bonchev–Trinajstić information content (AvgIpc) is 3.76. The van der Waals surface area contributed by atoms with Crippen LogP contribution in [0.2, 0.25) is 0 Å². The maximum atomic E-state index is 13.6. The van der Waals surface area contributed by atoms with Crippen LogP contribution in [0.25, 0.3) is 16.9 Å². The smallest absolute Gasteiger partial charge is 0.409 e. The van der Waals surface area contributed by atoms with Gasteiger partial charge >= 0.3 is 6.09 Å². The predicted molar refractivity (Wildman–Crippen MR) is 167 cm³/mol. The fourth-order valence-electron chi connectivity index (χ4n) is 6.33. The van der Waals surface area contributed by atoms with Gasteiger partial charge in [-0.3, -0.25) is 14.5 Å². The third-order valence-electron chi connectivity index (χ3n) is 8.66. The number of hydrogen-bond donors (Lipinski definition) is 1. The van der Waals surface area contributed by atoms with Crippen molar-refractivity contribution in [1.82, 2.24) is 29.2 Å². The monoisotopic (exact) mass is 610 g/mol. The lowest BCUT2D eigenvalue weighted by atomic mass is 9.87. The summed E-state index contributed by atoms with van der Waals surface area (Å²) in [6.07, 6.45) is 7.75. The number of ether oxygens (including phenoxy) is 2. The molecule has 1 aliphatic carbocycles. The lowest BCUT2D eigenvalue weighted by Crippen LogP contribution is -2.41. The van der Waals surface area contributed by atoms with Crippen LogP contribution in [0.1, 0.15) is 44.2 Å². The van der Waals surface area contributed by atoms with Crippen LogP contribution in [-0.4, -0.2) is 68.0 Å². The highest BCUT2D eigenvalue weighted by Gasteiger charge is 2.50. The molecule has 0 unspecified atom stereocenters. The minimum atomic E-state index is -0.330.